The number of rotatable bonds is 6. The predicted molar refractivity (Wildman–Crippen MR) is 115 cm³/mol. The Labute approximate surface area is 172 Å². The zero-order chi connectivity index (χ0) is 20.8. The van der Waals surface area contributed by atoms with Crippen molar-refractivity contribution in [2.45, 2.75) is 6.92 Å². The van der Waals surface area contributed by atoms with Gasteiger partial charge < -0.3 is 24.0 Å². The molecule has 6 nitrogen and oxygen atoms in total. The molecule has 0 bridgehead atoms. The first-order valence-electron chi connectivity index (χ1n) is 9.65. The second kappa shape index (κ2) is 9.37. The number of nitrogens with zero attached hydrogens (tertiary/aromatic N) is 2. The van der Waals surface area contributed by atoms with Gasteiger partial charge in [0.15, 0.2) is 0 Å². The highest BCUT2D eigenvalue weighted by molar-refractivity contribution is 5.95. The highest BCUT2D eigenvalue weighted by Crippen LogP contribution is 2.31. The van der Waals surface area contributed by atoms with Gasteiger partial charge in [-0.3, -0.25) is 4.79 Å². The summed E-state index contributed by atoms with van der Waals surface area (Å²) in [5, 5.41) is 0. The summed E-state index contributed by atoms with van der Waals surface area (Å²) >= 11 is 0. The van der Waals surface area contributed by atoms with Crippen molar-refractivity contribution in [2.75, 3.05) is 52.4 Å². The molecule has 2 aromatic rings. The lowest BCUT2D eigenvalue weighted by molar-refractivity contribution is -0.126. The standard InChI is InChI=1S/C23H28N2O4/c1-17(19-10-9-18(27-2)16-22(19)29-4)15-23(26)25-13-11-24(12-14-25)20-7-5-6-8-21(20)28-3/h5-10,15-16H,11-14H2,1-4H3/b17-15+. The van der Waals surface area contributed by atoms with Crippen LogP contribution >= 0.6 is 0 Å². The van der Waals surface area contributed by atoms with Crippen LogP contribution < -0.4 is 19.1 Å². The van der Waals surface area contributed by atoms with Crippen molar-refractivity contribution in [3.8, 4) is 17.2 Å². The quantitative estimate of drug-likeness (QED) is 0.700. The SMILES string of the molecule is COc1ccc(/C(C)=C/C(=O)N2CCN(c3ccccc3OC)CC2)c(OC)c1. The first-order valence-corrected chi connectivity index (χ1v) is 9.65. The molecule has 1 saturated heterocycles. The molecule has 1 heterocycles. The number of carbonyl (C=O) groups is 1. The molecule has 0 unspecified atom stereocenters. The molecule has 2 aromatic carbocycles. The number of piperazine rings is 1. The Kier molecular flexibility index (Phi) is 6.65. The third kappa shape index (κ3) is 4.65. The van der Waals surface area contributed by atoms with E-state index in [9.17, 15) is 4.79 Å². The fourth-order valence-corrected chi connectivity index (χ4v) is 3.54. The summed E-state index contributed by atoms with van der Waals surface area (Å²) < 4.78 is 16.2. The van der Waals surface area contributed by atoms with Gasteiger partial charge in [0, 0.05) is 43.9 Å². The molecule has 3 rings (SSSR count). The fourth-order valence-electron chi connectivity index (χ4n) is 3.54. The minimum absolute atomic E-state index is 0.0139. The summed E-state index contributed by atoms with van der Waals surface area (Å²) in [4.78, 5) is 16.9. The molecular weight excluding hydrogens is 368 g/mol. The molecule has 0 radical (unpaired) electrons. The van der Waals surface area contributed by atoms with Crippen LogP contribution in [0.3, 0.4) is 0 Å². The maximum Gasteiger partial charge on any atom is 0.246 e. The largest absolute Gasteiger partial charge is 0.497 e. The number of hydrogen-bond donors (Lipinski definition) is 0. The highest BCUT2D eigenvalue weighted by atomic mass is 16.5. The summed E-state index contributed by atoms with van der Waals surface area (Å²) in [7, 11) is 4.91. The summed E-state index contributed by atoms with van der Waals surface area (Å²) in [5.41, 5.74) is 2.81. The zero-order valence-corrected chi connectivity index (χ0v) is 17.5. The number of hydrogen-bond acceptors (Lipinski definition) is 5. The topological polar surface area (TPSA) is 51.2 Å². The van der Waals surface area contributed by atoms with E-state index in [-0.39, 0.29) is 5.91 Å². The minimum atomic E-state index is 0.0139. The lowest BCUT2D eigenvalue weighted by Gasteiger charge is -2.36. The van der Waals surface area contributed by atoms with Crippen LogP contribution in [0, 0.1) is 0 Å². The van der Waals surface area contributed by atoms with E-state index in [1.54, 1.807) is 27.4 Å². The van der Waals surface area contributed by atoms with Gasteiger partial charge in [-0.2, -0.15) is 0 Å². The second-order valence-corrected chi connectivity index (χ2v) is 6.88. The monoisotopic (exact) mass is 396 g/mol. The Morgan fingerprint density at radius 1 is 0.897 bits per heavy atom. The van der Waals surface area contributed by atoms with Crippen LogP contribution in [0.15, 0.2) is 48.5 Å². The maximum atomic E-state index is 12.8. The summed E-state index contributed by atoms with van der Waals surface area (Å²) in [5.74, 6) is 2.28. The van der Waals surface area contributed by atoms with Crippen molar-refractivity contribution in [1.29, 1.82) is 0 Å². The number of benzene rings is 2. The van der Waals surface area contributed by atoms with Crippen LogP contribution in [0.4, 0.5) is 5.69 Å². The number of allylic oxidation sites excluding steroid dienone is 1. The van der Waals surface area contributed by atoms with Crippen molar-refractivity contribution < 1.29 is 19.0 Å². The average molecular weight is 396 g/mol. The van der Waals surface area contributed by atoms with Gasteiger partial charge in [-0.15, -0.1) is 0 Å². The molecule has 1 aliphatic rings. The fraction of sp³-hybridized carbons (Fsp3) is 0.348. The van der Waals surface area contributed by atoms with Crippen LogP contribution in [0.1, 0.15) is 12.5 Å². The number of anilines is 1. The molecular formula is C23H28N2O4. The first kappa shape index (κ1) is 20.6. The molecule has 0 saturated carbocycles. The number of ether oxygens (including phenoxy) is 3. The van der Waals surface area contributed by atoms with Gasteiger partial charge in [0.25, 0.3) is 0 Å². The Bertz CT molecular complexity index is 886. The number of carbonyl (C=O) groups excluding carboxylic acids is 1. The van der Waals surface area contributed by atoms with E-state index in [1.807, 2.05) is 48.2 Å². The van der Waals surface area contributed by atoms with E-state index >= 15 is 0 Å². The van der Waals surface area contributed by atoms with Crippen molar-refractivity contribution in [3.05, 3.63) is 54.1 Å². The molecule has 29 heavy (non-hydrogen) atoms. The van der Waals surface area contributed by atoms with Gasteiger partial charge in [0.05, 0.1) is 27.0 Å². The van der Waals surface area contributed by atoms with E-state index in [1.165, 1.54) is 0 Å². The van der Waals surface area contributed by atoms with Gasteiger partial charge in [0.2, 0.25) is 5.91 Å². The third-order valence-corrected chi connectivity index (χ3v) is 5.19. The van der Waals surface area contributed by atoms with Gasteiger partial charge in [0.1, 0.15) is 17.2 Å². The lowest BCUT2D eigenvalue weighted by Crippen LogP contribution is -2.48. The van der Waals surface area contributed by atoms with Crippen molar-refractivity contribution in [3.63, 3.8) is 0 Å². The van der Waals surface area contributed by atoms with E-state index in [0.717, 1.165) is 41.4 Å². The van der Waals surface area contributed by atoms with Gasteiger partial charge in [-0.05, 0) is 36.8 Å². The van der Waals surface area contributed by atoms with Crippen LogP contribution in [0.2, 0.25) is 0 Å². The van der Waals surface area contributed by atoms with E-state index in [0.29, 0.717) is 18.8 Å². The van der Waals surface area contributed by atoms with Crippen LogP contribution in [-0.2, 0) is 4.79 Å². The van der Waals surface area contributed by atoms with Gasteiger partial charge in [-0.25, -0.2) is 0 Å². The number of methoxy groups -OCH3 is 3. The normalized spacial score (nSPS) is 14.6. The summed E-state index contributed by atoms with van der Waals surface area (Å²) in [6.45, 7) is 4.80. The van der Waals surface area contributed by atoms with Crippen LogP contribution in [0.5, 0.6) is 17.2 Å². The predicted octanol–water partition coefficient (Wildman–Crippen LogP) is 3.46. The third-order valence-electron chi connectivity index (χ3n) is 5.19. The highest BCUT2D eigenvalue weighted by Gasteiger charge is 2.22. The molecule has 0 N–H and O–H groups in total. The Hall–Kier alpha value is -3.15. The second-order valence-electron chi connectivity index (χ2n) is 6.88. The number of amides is 1. The molecule has 0 atom stereocenters. The van der Waals surface area contributed by atoms with E-state index in [4.69, 9.17) is 14.2 Å². The van der Waals surface area contributed by atoms with E-state index in [2.05, 4.69) is 11.0 Å². The summed E-state index contributed by atoms with van der Waals surface area (Å²) in [6, 6.07) is 13.6. The zero-order valence-electron chi connectivity index (χ0n) is 17.5. The van der Waals surface area contributed by atoms with Crippen LogP contribution in [-0.4, -0.2) is 58.3 Å². The Morgan fingerprint density at radius 3 is 2.24 bits per heavy atom. The maximum absolute atomic E-state index is 12.8. The molecule has 0 aliphatic carbocycles. The van der Waals surface area contributed by atoms with Crippen molar-refractivity contribution >= 4 is 17.2 Å². The minimum Gasteiger partial charge on any atom is -0.497 e. The molecule has 1 amide bonds. The Morgan fingerprint density at radius 2 is 1.59 bits per heavy atom. The molecule has 0 aromatic heterocycles. The van der Waals surface area contributed by atoms with Crippen molar-refractivity contribution in [1.82, 2.24) is 4.90 Å². The molecule has 154 valence electrons. The van der Waals surface area contributed by atoms with Gasteiger partial charge >= 0.3 is 0 Å². The molecule has 6 heteroatoms. The Balaban J connectivity index is 1.68. The van der Waals surface area contributed by atoms with Crippen LogP contribution in [0.25, 0.3) is 5.57 Å². The van der Waals surface area contributed by atoms with Crippen molar-refractivity contribution in [2.24, 2.45) is 0 Å². The molecule has 1 fully saturated rings. The smallest absolute Gasteiger partial charge is 0.246 e. The average Bonchev–Trinajstić information content (AvgIpc) is 2.78. The summed E-state index contributed by atoms with van der Waals surface area (Å²) in [6.07, 6.45) is 1.68. The molecule has 0 spiro atoms. The van der Waals surface area contributed by atoms with E-state index < -0.39 is 0 Å². The van der Waals surface area contributed by atoms with Gasteiger partial charge in [-0.1, -0.05) is 12.1 Å². The lowest BCUT2D eigenvalue weighted by atomic mass is 10.1. The molecule has 1 aliphatic heterocycles. The number of para-hydroxylation sites is 2. The first-order chi connectivity index (χ1) is 14.1.